The van der Waals surface area contributed by atoms with Crippen LogP contribution in [0.15, 0.2) is 53.4 Å². The maximum absolute atomic E-state index is 13.0. The Hall–Kier alpha value is -2.87. The average molecular weight is 444 g/mol. The Morgan fingerprint density at radius 2 is 1.77 bits per heavy atom. The van der Waals surface area contributed by atoms with E-state index in [1.54, 1.807) is 55.4 Å². The number of amides is 3. The molecule has 6 nitrogen and oxygen atoms in total. The monoisotopic (exact) mass is 443 g/mol. The lowest BCUT2D eigenvalue weighted by Gasteiger charge is -2.32. The number of benzene rings is 2. The average Bonchev–Trinajstić information content (AvgIpc) is 2.76. The number of thioether (sulfide) groups is 1. The second-order valence-corrected chi connectivity index (χ2v) is 8.78. The van der Waals surface area contributed by atoms with Crippen molar-refractivity contribution in [1.29, 1.82) is 0 Å². The molecule has 1 aliphatic heterocycles. The van der Waals surface area contributed by atoms with Gasteiger partial charge in [-0.15, -0.1) is 0 Å². The number of halogens is 1. The molecular weight excluding hydrogens is 417 g/mol. The van der Waals surface area contributed by atoms with E-state index in [1.807, 2.05) is 0 Å². The fraction of sp³-hybridized carbons (Fsp3) is 0.348. The molecule has 1 fully saturated rings. The van der Waals surface area contributed by atoms with Gasteiger partial charge >= 0.3 is 0 Å². The standard InChI is InChI=1S/C23H26FN3O3S/c1-26(2)23(30)31-20-11-9-19(10-12-20)25-22(29)17-4-3-13-27(15-17)21(28)14-16-5-7-18(24)8-6-16/h5-12,17H,3-4,13-15H2,1-2H3,(H,25,29). The number of carbonyl (C=O) groups excluding carboxylic acids is 3. The minimum absolute atomic E-state index is 0.0592. The third-order valence-electron chi connectivity index (χ3n) is 5.11. The van der Waals surface area contributed by atoms with Crippen LogP contribution in [0.25, 0.3) is 0 Å². The number of rotatable bonds is 5. The molecule has 0 bridgehead atoms. The molecule has 1 aliphatic rings. The van der Waals surface area contributed by atoms with Crippen LogP contribution in [0, 0.1) is 11.7 Å². The summed E-state index contributed by atoms with van der Waals surface area (Å²) in [6.45, 7) is 0.993. The summed E-state index contributed by atoms with van der Waals surface area (Å²) < 4.78 is 13.0. The number of nitrogens with one attached hydrogen (secondary N) is 1. The first-order valence-electron chi connectivity index (χ1n) is 10.1. The number of hydrogen-bond acceptors (Lipinski definition) is 4. The van der Waals surface area contributed by atoms with Crippen LogP contribution in [0.2, 0.25) is 0 Å². The quantitative estimate of drug-likeness (QED) is 0.709. The van der Waals surface area contributed by atoms with Crippen molar-refractivity contribution >= 4 is 34.5 Å². The predicted molar refractivity (Wildman–Crippen MR) is 119 cm³/mol. The zero-order valence-electron chi connectivity index (χ0n) is 17.6. The summed E-state index contributed by atoms with van der Waals surface area (Å²) in [5, 5.41) is 2.84. The number of hydrogen-bond donors (Lipinski definition) is 1. The first-order chi connectivity index (χ1) is 14.8. The molecule has 31 heavy (non-hydrogen) atoms. The molecule has 8 heteroatoms. The molecule has 1 heterocycles. The molecule has 1 unspecified atom stereocenters. The summed E-state index contributed by atoms with van der Waals surface area (Å²) in [6, 6.07) is 13.0. The van der Waals surface area contributed by atoms with Crippen LogP contribution in [-0.2, 0) is 16.0 Å². The van der Waals surface area contributed by atoms with Crippen LogP contribution in [0.3, 0.4) is 0 Å². The third-order valence-corrected chi connectivity index (χ3v) is 6.15. The van der Waals surface area contributed by atoms with Crippen molar-refractivity contribution in [2.45, 2.75) is 24.2 Å². The molecule has 1 saturated heterocycles. The Bertz CT molecular complexity index is 932. The van der Waals surface area contributed by atoms with Gasteiger partial charge in [0.2, 0.25) is 11.8 Å². The van der Waals surface area contributed by atoms with E-state index >= 15 is 0 Å². The van der Waals surface area contributed by atoms with Gasteiger partial charge in [0.15, 0.2) is 0 Å². The Labute approximate surface area is 185 Å². The van der Waals surface area contributed by atoms with Gasteiger partial charge in [-0.25, -0.2) is 4.39 Å². The van der Waals surface area contributed by atoms with E-state index in [2.05, 4.69) is 5.32 Å². The minimum Gasteiger partial charge on any atom is -0.342 e. The zero-order chi connectivity index (χ0) is 22.4. The van der Waals surface area contributed by atoms with Crippen LogP contribution in [-0.4, -0.2) is 54.0 Å². The van der Waals surface area contributed by atoms with Gasteiger partial charge in [0, 0.05) is 37.8 Å². The van der Waals surface area contributed by atoms with E-state index < -0.39 is 0 Å². The lowest BCUT2D eigenvalue weighted by Crippen LogP contribution is -2.44. The highest BCUT2D eigenvalue weighted by Crippen LogP contribution is 2.24. The Morgan fingerprint density at radius 1 is 1.10 bits per heavy atom. The van der Waals surface area contributed by atoms with Crippen LogP contribution in [0.4, 0.5) is 14.9 Å². The van der Waals surface area contributed by atoms with Crippen LogP contribution in [0.1, 0.15) is 18.4 Å². The number of anilines is 1. The number of nitrogens with zero attached hydrogens (tertiary/aromatic N) is 2. The molecule has 0 aliphatic carbocycles. The maximum atomic E-state index is 13.0. The van der Waals surface area contributed by atoms with Crippen LogP contribution >= 0.6 is 11.8 Å². The molecule has 0 radical (unpaired) electrons. The first-order valence-corrected chi connectivity index (χ1v) is 11.0. The Balaban J connectivity index is 1.53. The van der Waals surface area contributed by atoms with E-state index in [1.165, 1.54) is 17.0 Å². The fourth-order valence-electron chi connectivity index (χ4n) is 3.35. The number of piperidine rings is 1. The van der Waals surface area contributed by atoms with Crippen molar-refractivity contribution in [2.75, 3.05) is 32.5 Å². The normalized spacial score (nSPS) is 16.0. The van der Waals surface area contributed by atoms with Crippen molar-refractivity contribution in [2.24, 2.45) is 5.92 Å². The van der Waals surface area contributed by atoms with Gasteiger partial charge < -0.3 is 15.1 Å². The van der Waals surface area contributed by atoms with Gasteiger partial charge in [0.05, 0.1) is 12.3 Å². The number of likely N-dealkylation sites (tertiary alicyclic amines) is 1. The van der Waals surface area contributed by atoms with Gasteiger partial charge in [-0.05, 0) is 66.6 Å². The van der Waals surface area contributed by atoms with Crippen molar-refractivity contribution in [3.8, 4) is 0 Å². The summed E-state index contributed by atoms with van der Waals surface area (Å²) in [6.07, 6.45) is 1.67. The van der Waals surface area contributed by atoms with Crippen LogP contribution in [0.5, 0.6) is 0 Å². The maximum Gasteiger partial charge on any atom is 0.285 e. The van der Waals surface area contributed by atoms with Crippen molar-refractivity contribution in [1.82, 2.24) is 9.80 Å². The van der Waals surface area contributed by atoms with Gasteiger partial charge in [0.25, 0.3) is 5.24 Å². The SMILES string of the molecule is CN(C)C(=O)Sc1ccc(NC(=O)C2CCCN(C(=O)Cc3ccc(F)cc3)C2)cc1. The lowest BCUT2D eigenvalue weighted by molar-refractivity contribution is -0.133. The fourth-order valence-corrected chi connectivity index (χ4v) is 4.01. The van der Waals surface area contributed by atoms with E-state index in [9.17, 15) is 18.8 Å². The van der Waals surface area contributed by atoms with Gasteiger partial charge in [-0.3, -0.25) is 14.4 Å². The molecule has 2 aromatic rings. The molecule has 1 atom stereocenters. The Morgan fingerprint density at radius 3 is 2.42 bits per heavy atom. The van der Waals surface area contributed by atoms with Crippen molar-refractivity contribution in [3.63, 3.8) is 0 Å². The molecular formula is C23H26FN3O3S. The first kappa shape index (κ1) is 22.8. The summed E-state index contributed by atoms with van der Waals surface area (Å²) in [5.74, 6) is -0.794. The van der Waals surface area contributed by atoms with Crippen LogP contribution < -0.4 is 5.32 Å². The highest BCUT2D eigenvalue weighted by atomic mass is 32.2. The van der Waals surface area contributed by atoms with Gasteiger partial charge in [-0.1, -0.05) is 12.1 Å². The summed E-state index contributed by atoms with van der Waals surface area (Å²) in [7, 11) is 3.39. The van der Waals surface area contributed by atoms with E-state index in [0.29, 0.717) is 18.8 Å². The van der Waals surface area contributed by atoms with E-state index in [-0.39, 0.29) is 35.2 Å². The smallest absolute Gasteiger partial charge is 0.285 e. The van der Waals surface area contributed by atoms with Crippen molar-refractivity contribution in [3.05, 3.63) is 59.9 Å². The molecule has 0 aromatic heterocycles. The molecule has 164 valence electrons. The highest BCUT2D eigenvalue weighted by molar-refractivity contribution is 8.13. The molecule has 0 saturated carbocycles. The highest BCUT2D eigenvalue weighted by Gasteiger charge is 2.28. The summed E-state index contributed by atoms with van der Waals surface area (Å²) in [5.41, 5.74) is 1.41. The summed E-state index contributed by atoms with van der Waals surface area (Å²) >= 11 is 1.12. The molecule has 0 spiro atoms. The topological polar surface area (TPSA) is 69.7 Å². The zero-order valence-corrected chi connectivity index (χ0v) is 18.5. The third kappa shape index (κ3) is 6.55. The minimum atomic E-state index is -0.332. The summed E-state index contributed by atoms with van der Waals surface area (Å²) in [4.78, 5) is 41.1. The van der Waals surface area contributed by atoms with E-state index in [0.717, 1.165) is 35.1 Å². The largest absolute Gasteiger partial charge is 0.342 e. The van der Waals surface area contributed by atoms with E-state index in [4.69, 9.17) is 0 Å². The Kier molecular flexibility index (Phi) is 7.68. The molecule has 1 N–H and O–H groups in total. The van der Waals surface area contributed by atoms with Crippen molar-refractivity contribution < 1.29 is 18.8 Å². The van der Waals surface area contributed by atoms with Gasteiger partial charge in [0.1, 0.15) is 5.82 Å². The predicted octanol–water partition coefficient (Wildman–Crippen LogP) is 4.02. The van der Waals surface area contributed by atoms with Gasteiger partial charge in [-0.2, -0.15) is 0 Å². The molecule has 2 aromatic carbocycles. The second-order valence-electron chi connectivity index (χ2n) is 7.76. The lowest BCUT2D eigenvalue weighted by atomic mass is 9.96. The number of carbonyl (C=O) groups is 3. The molecule has 3 rings (SSSR count). The molecule has 3 amide bonds. The second kappa shape index (κ2) is 10.4.